The first-order chi connectivity index (χ1) is 12.5. The number of nitrogens with one attached hydrogen (secondary N) is 2. The Morgan fingerprint density at radius 3 is 2.85 bits per heavy atom. The summed E-state index contributed by atoms with van der Waals surface area (Å²) in [5.74, 6) is -1.76. The van der Waals surface area contributed by atoms with Crippen molar-refractivity contribution >= 4 is 39.9 Å². The van der Waals surface area contributed by atoms with E-state index >= 15 is 0 Å². The molecule has 0 saturated carbocycles. The second-order valence-corrected chi connectivity index (χ2v) is 6.20. The van der Waals surface area contributed by atoms with E-state index in [1.165, 1.54) is 5.38 Å². The Morgan fingerprint density at radius 1 is 1.35 bits per heavy atom. The lowest BCUT2D eigenvalue weighted by Crippen LogP contribution is -2.44. The van der Waals surface area contributed by atoms with Crippen LogP contribution in [0.2, 0.25) is 0 Å². The summed E-state index contributed by atoms with van der Waals surface area (Å²) in [5.41, 5.74) is 1.28. The molecule has 0 spiro atoms. The first-order valence-corrected chi connectivity index (χ1v) is 8.49. The lowest BCUT2D eigenvalue weighted by molar-refractivity contribution is -0.143. The van der Waals surface area contributed by atoms with Crippen LogP contribution in [0.4, 0.5) is 0 Å². The number of hydrogen-bond donors (Lipinski definition) is 3. The van der Waals surface area contributed by atoms with Gasteiger partial charge in [0.25, 0.3) is 5.91 Å². The minimum absolute atomic E-state index is 0.0134. The van der Waals surface area contributed by atoms with Gasteiger partial charge in [-0.1, -0.05) is 18.2 Å². The molecule has 3 N–H and O–H groups in total. The maximum absolute atomic E-state index is 12.7. The van der Waals surface area contributed by atoms with E-state index in [0.717, 1.165) is 29.3 Å². The summed E-state index contributed by atoms with van der Waals surface area (Å²) < 4.78 is 4.48. The number of carbonyl (C=O) groups is 3. The number of esters is 1. The maximum atomic E-state index is 12.7. The van der Waals surface area contributed by atoms with E-state index in [2.05, 4.69) is 20.0 Å². The molecule has 0 bridgehead atoms. The number of ether oxygens (including phenoxy) is 1. The highest BCUT2D eigenvalue weighted by Gasteiger charge is 2.24. The summed E-state index contributed by atoms with van der Waals surface area (Å²) in [5, 5.41) is 13.8. The molecule has 0 fully saturated rings. The lowest BCUT2D eigenvalue weighted by Gasteiger charge is -2.12. The number of aliphatic hydroxyl groups excluding tert-OH is 1. The van der Waals surface area contributed by atoms with Crippen molar-refractivity contribution in [1.82, 2.24) is 15.3 Å². The quantitative estimate of drug-likeness (QED) is 0.440. The number of fused-ring (bicyclic) bond motifs is 1. The smallest absolute Gasteiger partial charge is 0.330 e. The number of thiazole rings is 1. The van der Waals surface area contributed by atoms with Crippen LogP contribution in [0.15, 0.2) is 35.8 Å². The first kappa shape index (κ1) is 17.8. The zero-order valence-corrected chi connectivity index (χ0v) is 14.5. The number of aromatic nitrogens is 2. The molecule has 9 heteroatoms. The lowest BCUT2D eigenvalue weighted by atomic mass is 10.1. The van der Waals surface area contributed by atoms with E-state index in [1.807, 2.05) is 24.3 Å². The van der Waals surface area contributed by atoms with Crippen LogP contribution in [-0.4, -0.2) is 52.5 Å². The number of para-hydroxylation sites is 1. The Hall–Kier alpha value is -3.04. The molecular formula is C17H15N3O5S. The highest BCUT2D eigenvalue weighted by Crippen LogP contribution is 2.22. The predicted octanol–water partition coefficient (Wildman–Crippen LogP) is 1.12. The van der Waals surface area contributed by atoms with Gasteiger partial charge in [0.1, 0.15) is 5.69 Å². The van der Waals surface area contributed by atoms with Crippen molar-refractivity contribution in [3.8, 4) is 0 Å². The van der Waals surface area contributed by atoms with E-state index in [-0.39, 0.29) is 16.5 Å². The zero-order valence-electron chi connectivity index (χ0n) is 13.7. The van der Waals surface area contributed by atoms with Gasteiger partial charge in [-0.2, -0.15) is 0 Å². The number of amides is 1. The van der Waals surface area contributed by atoms with Crippen LogP contribution in [0.3, 0.4) is 0 Å². The Labute approximate surface area is 151 Å². The molecule has 1 aromatic carbocycles. The van der Waals surface area contributed by atoms with E-state index < -0.39 is 24.5 Å². The first-order valence-electron chi connectivity index (χ1n) is 7.61. The van der Waals surface area contributed by atoms with E-state index in [4.69, 9.17) is 5.11 Å². The maximum Gasteiger partial charge on any atom is 0.330 e. The molecule has 0 aliphatic heterocycles. The number of H-pyrrole nitrogens is 1. The molecule has 0 aliphatic rings. The fraction of sp³-hybridized carbons (Fsp3) is 0.176. The third kappa shape index (κ3) is 3.35. The second kappa shape index (κ2) is 7.46. The number of benzene rings is 1. The third-order valence-corrected chi connectivity index (χ3v) is 4.58. The molecule has 26 heavy (non-hydrogen) atoms. The summed E-state index contributed by atoms with van der Waals surface area (Å²) in [4.78, 5) is 43.3. The highest BCUT2D eigenvalue weighted by atomic mass is 32.1. The average Bonchev–Trinajstić information content (AvgIpc) is 3.32. The van der Waals surface area contributed by atoms with Crippen molar-refractivity contribution in [2.24, 2.45) is 0 Å². The number of nitrogens with zero attached hydrogens (tertiary/aromatic N) is 1. The average molecular weight is 373 g/mol. The molecule has 1 amide bonds. The van der Waals surface area contributed by atoms with Crippen LogP contribution in [0.5, 0.6) is 0 Å². The number of rotatable bonds is 6. The number of methoxy groups -OCH3 is 1. The highest BCUT2D eigenvalue weighted by molar-refractivity contribution is 7.12. The topological polar surface area (TPSA) is 121 Å². The van der Waals surface area contributed by atoms with Crippen LogP contribution in [0.25, 0.3) is 10.9 Å². The van der Waals surface area contributed by atoms with Crippen molar-refractivity contribution < 1.29 is 24.2 Å². The minimum atomic E-state index is -1.19. The Bertz CT molecular complexity index is 978. The minimum Gasteiger partial charge on any atom is -0.467 e. The molecule has 3 aromatic rings. The Kier molecular flexibility index (Phi) is 5.10. The largest absolute Gasteiger partial charge is 0.467 e. The van der Waals surface area contributed by atoms with Gasteiger partial charge in [-0.25, -0.2) is 9.78 Å². The Balaban J connectivity index is 1.80. The van der Waals surface area contributed by atoms with Gasteiger partial charge >= 0.3 is 5.97 Å². The monoisotopic (exact) mass is 373 g/mol. The van der Waals surface area contributed by atoms with E-state index in [0.29, 0.717) is 5.56 Å². The molecule has 134 valence electrons. The van der Waals surface area contributed by atoms with Crippen LogP contribution in [0.1, 0.15) is 25.9 Å². The van der Waals surface area contributed by atoms with Gasteiger partial charge in [-0.15, -0.1) is 11.3 Å². The summed E-state index contributed by atoms with van der Waals surface area (Å²) in [6, 6.07) is 6.17. The number of aliphatic hydroxyl groups is 1. The molecule has 0 saturated heterocycles. The van der Waals surface area contributed by atoms with Crippen molar-refractivity contribution in [2.75, 3.05) is 13.7 Å². The molecule has 8 nitrogen and oxygen atoms in total. The number of carbonyl (C=O) groups excluding carboxylic acids is 3. The number of hydrogen-bond acceptors (Lipinski definition) is 7. The molecular weight excluding hydrogens is 358 g/mol. The van der Waals surface area contributed by atoms with Gasteiger partial charge in [-0.3, -0.25) is 9.59 Å². The number of aromatic amines is 1. The fourth-order valence-corrected chi connectivity index (χ4v) is 3.16. The third-order valence-electron chi connectivity index (χ3n) is 3.74. The summed E-state index contributed by atoms with van der Waals surface area (Å²) >= 11 is 1.03. The van der Waals surface area contributed by atoms with Crippen molar-refractivity contribution in [1.29, 1.82) is 0 Å². The summed E-state index contributed by atoms with van der Waals surface area (Å²) in [6.45, 7) is -0.607. The van der Waals surface area contributed by atoms with Gasteiger partial charge in [0, 0.05) is 22.5 Å². The zero-order chi connectivity index (χ0) is 18.7. The molecule has 1 atom stereocenters. The standard InChI is InChI=1S/C17H15N3O5S/c1-25-17(24)12(7-21)19-15(23)13-8-26-16(20-13)14(22)10-6-18-11-5-3-2-4-9(10)11/h2-6,8,12,18,21H,7H2,1H3,(H,19,23). The van der Waals surface area contributed by atoms with Crippen molar-refractivity contribution in [3.05, 3.63) is 52.1 Å². The normalized spacial score (nSPS) is 11.9. The van der Waals surface area contributed by atoms with Gasteiger partial charge < -0.3 is 20.1 Å². The molecule has 2 heterocycles. The number of ketones is 1. The van der Waals surface area contributed by atoms with E-state index in [1.54, 1.807) is 6.20 Å². The van der Waals surface area contributed by atoms with Gasteiger partial charge in [0.15, 0.2) is 11.0 Å². The van der Waals surface area contributed by atoms with Crippen LogP contribution in [0, 0.1) is 0 Å². The Morgan fingerprint density at radius 2 is 2.12 bits per heavy atom. The van der Waals surface area contributed by atoms with Gasteiger partial charge in [0.2, 0.25) is 5.78 Å². The van der Waals surface area contributed by atoms with Gasteiger partial charge in [0.05, 0.1) is 19.3 Å². The van der Waals surface area contributed by atoms with Crippen molar-refractivity contribution in [2.45, 2.75) is 6.04 Å². The SMILES string of the molecule is COC(=O)C(CO)NC(=O)c1csc(C(=O)c2c[nH]c3ccccc23)n1. The molecule has 1 unspecified atom stereocenters. The van der Waals surface area contributed by atoms with Crippen LogP contribution >= 0.6 is 11.3 Å². The molecule has 0 radical (unpaired) electrons. The molecule has 0 aliphatic carbocycles. The predicted molar refractivity (Wildman–Crippen MR) is 94.2 cm³/mol. The van der Waals surface area contributed by atoms with E-state index in [9.17, 15) is 14.4 Å². The van der Waals surface area contributed by atoms with Crippen LogP contribution < -0.4 is 5.32 Å². The van der Waals surface area contributed by atoms with Crippen LogP contribution in [-0.2, 0) is 9.53 Å². The summed E-state index contributed by atoms with van der Waals surface area (Å²) in [6.07, 6.45) is 1.60. The van der Waals surface area contributed by atoms with Gasteiger partial charge in [-0.05, 0) is 6.07 Å². The summed E-state index contributed by atoms with van der Waals surface area (Å²) in [7, 11) is 1.15. The molecule has 2 aromatic heterocycles. The second-order valence-electron chi connectivity index (χ2n) is 5.35. The van der Waals surface area contributed by atoms with Crippen molar-refractivity contribution in [3.63, 3.8) is 0 Å². The molecule has 3 rings (SSSR count). The fourth-order valence-electron chi connectivity index (χ4n) is 2.41.